The van der Waals surface area contributed by atoms with Crippen molar-refractivity contribution in [1.82, 2.24) is 15.6 Å². The van der Waals surface area contributed by atoms with E-state index in [1.807, 2.05) is 12.1 Å². The fraction of sp³-hybridized carbons (Fsp3) is 0.538. The molecule has 1 amide bonds. The van der Waals surface area contributed by atoms with E-state index >= 15 is 0 Å². The Morgan fingerprint density at radius 1 is 1.50 bits per heavy atom. The van der Waals surface area contributed by atoms with E-state index in [1.165, 1.54) is 12.8 Å². The number of nitrogens with zero attached hydrogens (tertiary/aromatic N) is 1. The second-order valence-electron chi connectivity index (χ2n) is 4.57. The Kier molecular flexibility index (Phi) is 4.52. The molecule has 0 radical (unpaired) electrons. The Bertz CT molecular complexity index is 388. The minimum Gasteiger partial charge on any atom is -0.477 e. The van der Waals surface area contributed by atoms with Crippen LogP contribution in [0.2, 0.25) is 0 Å². The van der Waals surface area contributed by atoms with E-state index in [0.29, 0.717) is 19.0 Å². The zero-order chi connectivity index (χ0) is 12.8. The van der Waals surface area contributed by atoms with Gasteiger partial charge in [-0.05, 0) is 31.4 Å². The predicted molar refractivity (Wildman–Crippen MR) is 68.2 cm³/mol. The molecule has 0 bridgehead atoms. The van der Waals surface area contributed by atoms with Gasteiger partial charge in [0.1, 0.15) is 0 Å². The number of amides is 1. The maximum Gasteiger partial charge on any atom is 0.234 e. The van der Waals surface area contributed by atoms with Gasteiger partial charge in [-0.1, -0.05) is 6.07 Å². The maximum atomic E-state index is 11.2. The summed E-state index contributed by atoms with van der Waals surface area (Å²) in [5.41, 5.74) is 0.971. The number of aromatic nitrogens is 1. The molecular weight excluding hydrogens is 230 g/mol. The fourth-order valence-electron chi connectivity index (χ4n) is 1.51. The van der Waals surface area contributed by atoms with Gasteiger partial charge in [0.15, 0.2) is 0 Å². The third-order valence-corrected chi connectivity index (χ3v) is 2.79. The molecule has 0 saturated heterocycles. The minimum atomic E-state index is -0.0217. The maximum absolute atomic E-state index is 11.2. The molecule has 2 rings (SSSR count). The Labute approximate surface area is 107 Å². The molecule has 1 aromatic heterocycles. The SMILES string of the molecule is CNCC(=O)NCc1ccc(OCC2CC2)nc1. The highest BCUT2D eigenvalue weighted by atomic mass is 16.5. The molecule has 2 N–H and O–H groups in total. The number of carbonyl (C=O) groups is 1. The van der Waals surface area contributed by atoms with Crippen molar-refractivity contribution in [1.29, 1.82) is 0 Å². The summed E-state index contributed by atoms with van der Waals surface area (Å²) in [5, 5.41) is 5.60. The van der Waals surface area contributed by atoms with Gasteiger partial charge in [0.05, 0.1) is 13.2 Å². The van der Waals surface area contributed by atoms with Gasteiger partial charge in [-0.2, -0.15) is 0 Å². The summed E-state index contributed by atoms with van der Waals surface area (Å²) in [5.74, 6) is 1.37. The van der Waals surface area contributed by atoms with Crippen molar-refractivity contribution in [3.8, 4) is 5.88 Å². The number of hydrogen-bond donors (Lipinski definition) is 2. The van der Waals surface area contributed by atoms with Crippen LogP contribution in [0.25, 0.3) is 0 Å². The van der Waals surface area contributed by atoms with Crippen molar-refractivity contribution in [3.63, 3.8) is 0 Å². The second kappa shape index (κ2) is 6.35. The molecule has 1 aliphatic carbocycles. The Morgan fingerprint density at radius 3 is 2.94 bits per heavy atom. The Balaban J connectivity index is 1.73. The van der Waals surface area contributed by atoms with Gasteiger partial charge >= 0.3 is 0 Å². The largest absolute Gasteiger partial charge is 0.477 e. The number of pyridine rings is 1. The molecule has 0 aliphatic heterocycles. The molecule has 1 heterocycles. The standard InChI is InChI=1S/C13H19N3O2/c1-14-8-12(17)15-6-11-4-5-13(16-7-11)18-9-10-2-3-10/h4-5,7,10,14H,2-3,6,8-9H2,1H3,(H,15,17). The van der Waals surface area contributed by atoms with E-state index in [1.54, 1.807) is 13.2 Å². The van der Waals surface area contributed by atoms with Gasteiger partial charge in [-0.3, -0.25) is 4.79 Å². The Hall–Kier alpha value is -1.62. The lowest BCUT2D eigenvalue weighted by Gasteiger charge is -2.06. The first kappa shape index (κ1) is 12.8. The van der Waals surface area contributed by atoms with Crippen molar-refractivity contribution >= 4 is 5.91 Å². The normalized spacial score (nSPS) is 14.3. The zero-order valence-electron chi connectivity index (χ0n) is 10.6. The summed E-state index contributed by atoms with van der Waals surface area (Å²) < 4.78 is 5.54. The number of ether oxygens (including phenoxy) is 1. The van der Waals surface area contributed by atoms with Crippen LogP contribution in [0.5, 0.6) is 5.88 Å². The molecule has 18 heavy (non-hydrogen) atoms. The molecule has 1 aliphatic rings. The van der Waals surface area contributed by atoms with Crippen LogP contribution in [0, 0.1) is 5.92 Å². The average molecular weight is 249 g/mol. The summed E-state index contributed by atoms with van der Waals surface area (Å²) in [7, 11) is 1.74. The highest BCUT2D eigenvalue weighted by molar-refractivity contribution is 5.77. The van der Waals surface area contributed by atoms with Gasteiger partial charge in [0.2, 0.25) is 11.8 Å². The lowest BCUT2D eigenvalue weighted by molar-refractivity contribution is -0.120. The molecule has 0 spiro atoms. The molecule has 0 atom stereocenters. The molecular formula is C13H19N3O2. The molecule has 1 aromatic rings. The van der Waals surface area contributed by atoms with Gasteiger partial charge in [0.25, 0.3) is 0 Å². The molecule has 1 fully saturated rings. The molecule has 98 valence electrons. The van der Waals surface area contributed by atoms with Crippen molar-refractivity contribution in [2.45, 2.75) is 19.4 Å². The van der Waals surface area contributed by atoms with E-state index in [4.69, 9.17) is 4.74 Å². The summed E-state index contributed by atoms with van der Waals surface area (Å²) in [6, 6.07) is 3.77. The highest BCUT2D eigenvalue weighted by Gasteiger charge is 2.21. The van der Waals surface area contributed by atoms with Crippen LogP contribution in [-0.2, 0) is 11.3 Å². The quantitative estimate of drug-likeness (QED) is 0.747. The summed E-state index contributed by atoms with van der Waals surface area (Å²) in [6.07, 6.45) is 4.28. The summed E-state index contributed by atoms with van der Waals surface area (Å²) in [4.78, 5) is 15.5. The first-order valence-electron chi connectivity index (χ1n) is 6.27. The molecule has 5 nitrogen and oxygen atoms in total. The van der Waals surface area contributed by atoms with Crippen LogP contribution in [0.4, 0.5) is 0 Å². The Morgan fingerprint density at radius 2 is 2.33 bits per heavy atom. The van der Waals surface area contributed by atoms with Crippen LogP contribution in [0.3, 0.4) is 0 Å². The predicted octanol–water partition coefficient (Wildman–Crippen LogP) is 0.706. The molecule has 1 saturated carbocycles. The van der Waals surface area contributed by atoms with Crippen molar-refractivity contribution in [3.05, 3.63) is 23.9 Å². The van der Waals surface area contributed by atoms with Crippen molar-refractivity contribution in [2.24, 2.45) is 5.92 Å². The van der Waals surface area contributed by atoms with Gasteiger partial charge in [-0.15, -0.1) is 0 Å². The molecule has 0 aromatic carbocycles. The number of carbonyl (C=O) groups excluding carboxylic acids is 1. The highest BCUT2D eigenvalue weighted by Crippen LogP contribution is 2.29. The molecule has 5 heteroatoms. The number of rotatable bonds is 7. The summed E-state index contributed by atoms with van der Waals surface area (Å²) in [6.45, 7) is 1.59. The van der Waals surface area contributed by atoms with Crippen molar-refractivity contribution in [2.75, 3.05) is 20.2 Å². The minimum absolute atomic E-state index is 0.0217. The van der Waals surface area contributed by atoms with Crippen LogP contribution in [0.1, 0.15) is 18.4 Å². The lowest BCUT2D eigenvalue weighted by atomic mass is 10.3. The first-order chi connectivity index (χ1) is 8.78. The number of hydrogen-bond acceptors (Lipinski definition) is 4. The monoisotopic (exact) mass is 249 g/mol. The average Bonchev–Trinajstić information content (AvgIpc) is 3.19. The van der Waals surface area contributed by atoms with E-state index in [9.17, 15) is 4.79 Å². The smallest absolute Gasteiger partial charge is 0.234 e. The van der Waals surface area contributed by atoms with Gasteiger partial charge in [-0.25, -0.2) is 4.98 Å². The molecule has 0 unspecified atom stereocenters. The van der Waals surface area contributed by atoms with Crippen LogP contribution in [-0.4, -0.2) is 31.1 Å². The number of nitrogens with one attached hydrogen (secondary N) is 2. The fourth-order valence-corrected chi connectivity index (χ4v) is 1.51. The van der Waals surface area contributed by atoms with Crippen molar-refractivity contribution < 1.29 is 9.53 Å². The van der Waals surface area contributed by atoms with E-state index in [2.05, 4.69) is 15.6 Å². The van der Waals surface area contributed by atoms with E-state index in [0.717, 1.165) is 18.1 Å². The number of likely N-dealkylation sites (N-methyl/N-ethyl adjacent to an activating group) is 1. The lowest BCUT2D eigenvalue weighted by Crippen LogP contribution is -2.31. The van der Waals surface area contributed by atoms with Gasteiger partial charge in [0, 0.05) is 18.8 Å². The van der Waals surface area contributed by atoms with Crippen LogP contribution >= 0.6 is 0 Å². The zero-order valence-corrected chi connectivity index (χ0v) is 10.6. The van der Waals surface area contributed by atoms with E-state index in [-0.39, 0.29) is 5.91 Å². The van der Waals surface area contributed by atoms with Crippen LogP contribution in [0.15, 0.2) is 18.3 Å². The second-order valence-corrected chi connectivity index (χ2v) is 4.57. The van der Waals surface area contributed by atoms with Crippen LogP contribution < -0.4 is 15.4 Å². The van der Waals surface area contributed by atoms with E-state index < -0.39 is 0 Å². The third kappa shape index (κ3) is 4.33. The summed E-state index contributed by atoms with van der Waals surface area (Å²) >= 11 is 0. The topological polar surface area (TPSA) is 63.2 Å². The third-order valence-electron chi connectivity index (χ3n) is 2.79. The van der Waals surface area contributed by atoms with Gasteiger partial charge < -0.3 is 15.4 Å². The first-order valence-corrected chi connectivity index (χ1v) is 6.27.